The van der Waals surface area contributed by atoms with Gasteiger partial charge in [0.15, 0.2) is 5.12 Å². The van der Waals surface area contributed by atoms with Gasteiger partial charge in [-0.15, -0.1) is 11.3 Å². The summed E-state index contributed by atoms with van der Waals surface area (Å²) < 4.78 is 1.10. The number of rotatable bonds is 5. The SMILES string of the molecule is CC(=O)SCCC(O)C(O)c1ccc2ccsc2c1. The van der Waals surface area contributed by atoms with Crippen LogP contribution in [0.15, 0.2) is 29.6 Å². The quantitative estimate of drug-likeness (QED) is 0.890. The fourth-order valence-electron chi connectivity index (χ4n) is 1.86. The van der Waals surface area contributed by atoms with Crippen LogP contribution in [0.2, 0.25) is 0 Å². The first-order chi connectivity index (χ1) is 9.08. The van der Waals surface area contributed by atoms with Crippen molar-refractivity contribution in [1.29, 1.82) is 0 Å². The van der Waals surface area contributed by atoms with Gasteiger partial charge in [0, 0.05) is 17.4 Å². The normalized spacial score (nSPS) is 14.5. The highest BCUT2D eigenvalue weighted by molar-refractivity contribution is 8.13. The van der Waals surface area contributed by atoms with Gasteiger partial charge in [-0.2, -0.15) is 0 Å². The lowest BCUT2D eigenvalue weighted by Crippen LogP contribution is -2.19. The predicted molar refractivity (Wildman–Crippen MR) is 80.5 cm³/mol. The summed E-state index contributed by atoms with van der Waals surface area (Å²) in [6.07, 6.45) is -1.35. The van der Waals surface area contributed by atoms with Crippen molar-refractivity contribution in [3.8, 4) is 0 Å². The molecule has 0 bridgehead atoms. The van der Waals surface area contributed by atoms with Gasteiger partial charge in [-0.25, -0.2) is 0 Å². The van der Waals surface area contributed by atoms with Crippen LogP contribution in [0.5, 0.6) is 0 Å². The number of carbonyl (C=O) groups excluding carboxylic acids is 1. The molecule has 1 aromatic carbocycles. The van der Waals surface area contributed by atoms with E-state index in [2.05, 4.69) is 0 Å². The maximum Gasteiger partial charge on any atom is 0.185 e. The summed E-state index contributed by atoms with van der Waals surface area (Å²) in [5.74, 6) is 0.523. The van der Waals surface area contributed by atoms with Crippen LogP contribution in [-0.4, -0.2) is 27.2 Å². The first-order valence-electron chi connectivity index (χ1n) is 6.04. The van der Waals surface area contributed by atoms with Crippen molar-refractivity contribution in [2.24, 2.45) is 0 Å². The molecular weight excluding hydrogens is 280 g/mol. The lowest BCUT2D eigenvalue weighted by atomic mass is 10.0. The molecule has 2 N–H and O–H groups in total. The van der Waals surface area contributed by atoms with Crippen LogP contribution in [0.25, 0.3) is 10.1 Å². The molecule has 0 aliphatic carbocycles. The molecule has 0 amide bonds. The van der Waals surface area contributed by atoms with E-state index in [-0.39, 0.29) is 5.12 Å². The number of thiophene rings is 1. The first-order valence-corrected chi connectivity index (χ1v) is 7.91. The number of carbonyl (C=O) groups is 1. The second-order valence-electron chi connectivity index (χ2n) is 4.36. The second-order valence-corrected chi connectivity index (χ2v) is 6.58. The van der Waals surface area contributed by atoms with Crippen LogP contribution < -0.4 is 0 Å². The molecule has 0 radical (unpaired) electrons. The molecule has 102 valence electrons. The Bertz CT molecular complexity index is 565. The fourth-order valence-corrected chi connectivity index (χ4v) is 3.34. The van der Waals surface area contributed by atoms with Crippen molar-refractivity contribution < 1.29 is 15.0 Å². The molecule has 0 spiro atoms. The lowest BCUT2D eigenvalue weighted by molar-refractivity contribution is -0.109. The van der Waals surface area contributed by atoms with Crippen LogP contribution in [0.1, 0.15) is 25.0 Å². The Kier molecular flexibility index (Phi) is 4.99. The van der Waals surface area contributed by atoms with Gasteiger partial charge in [-0.1, -0.05) is 23.9 Å². The van der Waals surface area contributed by atoms with E-state index in [0.29, 0.717) is 12.2 Å². The molecule has 2 unspecified atom stereocenters. The molecule has 0 fully saturated rings. The number of fused-ring (bicyclic) bond motifs is 1. The van der Waals surface area contributed by atoms with Gasteiger partial charge in [0.25, 0.3) is 0 Å². The molecule has 1 aromatic heterocycles. The van der Waals surface area contributed by atoms with Crippen molar-refractivity contribution in [3.63, 3.8) is 0 Å². The maximum atomic E-state index is 10.8. The van der Waals surface area contributed by atoms with Crippen LogP contribution >= 0.6 is 23.1 Å². The van der Waals surface area contributed by atoms with Crippen molar-refractivity contribution in [2.75, 3.05) is 5.75 Å². The molecule has 19 heavy (non-hydrogen) atoms. The zero-order valence-electron chi connectivity index (χ0n) is 10.6. The number of hydrogen-bond acceptors (Lipinski definition) is 5. The van der Waals surface area contributed by atoms with Crippen molar-refractivity contribution >= 4 is 38.3 Å². The minimum absolute atomic E-state index is 0.0293. The Hall–Kier alpha value is -0.880. The second kappa shape index (κ2) is 6.52. The van der Waals surface area contributed by atoms with Gasteiger partial charge < -0.3 is 10.2 Å². The number of thioether (sulfide) groups is 1. The van der Waals surface area contributed by atoms with E-state index in [1.165, 1.54) is 18.7 Å². The highest BCUT2D eigenvalue weighted by Crippen LogP contribution is 2.27. The van der Waals surface area contributed by atoms with Crippen LogP contribution in [0.3, 0.4) is 0 Å². The molecule has 5 heteroatoms. The minimum atomic E-state index is -0.904. The summed E-state index contributed by atoms with van der Waals surface area (Å²) in [7, 11) is 0. The van der Waals surface area contributed by atoms with E-state index >= 15 is 0 Å². The Labute approximate surface area is 120 Å². The summed E-state index contributed by atoms with van der Waals surface area (Å²) in [6, 6.07) is 7.71. The number of aliphatic hydroxyl groups is 2. The molecule has 0 saturated heterocycles. The smallest absolute Gasteiger partial charge is 0.185 e. The van der Waals surface area contributed by atoms with E-state index in [0.717, 1.165) is 15.6 Å². The van der Waals surface area contributed by atoms with Crippen LogP contribution in [0.4, 0.5) is 0 Å². The van der Waals surface area contributed by atoms with E-state index < -0.39 is 12.2 Å². The highest BCUT2D eigenvalue weighted by Gasteiger charge is 2.18. The Morgan fingerprint density at radius 3 is 2.89 bits per heavy atom. The zero-order chi connectivity index (χ0) is 13.8. The molecule has 3 nitrogen and oxygen atoms in total. The largest absolute Gasteiger partial charge is 0.390 e. The number of hydrogen-bond donors (Lipinski definition) is 2. The molecule has 2 aromatic rings. The van der Waals surface area contributed by atoms with Gasteiger partial charge in [0.1, 0.15) is 6.10 Å². The molecule has 2 rings (SSSR count). The summed E-state index contributed by atoms with van der Waals surface area (Å²) in [4.78, 5) is 10.8. The topological polar surface area (TPSA) is 57.5 Å². The number of benzene rings is 1. The third-order valence-electron chi connectivity index (χ3n) is 2.91. The fraction of sp³-hybridized carbons (Fsp3) is 0.357. The molecule has 1 heterocycles. The molecule has 0 saturated carbocycles. The Balaban J connectivity index is 2.01. The standard InChI is InChI=1S/C14H16O3S2/c1-9(15)18-7-5-12(16)14(17)11-3-2-10-4-6-19-13(10)8-11/h2-4,6,8,12,14,16-17H,5,7H2,1H3. The van der Waals surface area contributed by atoms with E-state index in [1.54, 1.807) is 11.3 Å². The summed E-state index contributed by atoms with van der Waals surface area (Å²) in [6.45, 7) is 1.50. The molecular formula is C14H16O3S2. The maximum absolute atomic E-state index is 10.8. The predicted octanol–water partition coefficient (Wildman–Crippen LogP) is 2.97. The molecule has 2 atom stereocenters. The third-order valence-corrected chi connectivity index (χ3v) is 4.63. The summed E-state index contributed by atoms with van der Waals surface area (Å²) in [5, 5.41) is 23.2. The average molecular weight is 296 g/mol. The van der Waals surface area contributed by atoms with Crippen LogP contribution in [-0.2, 0) is 4.79 Å². The summed E-state index contributed by atoms with van der Waals surface area (Å²) >= 11 is 2.78. The van der Waals surface area contributed by atoms with E-state index in [1.807, 2.05) is 29.6 Å². The zero-order valence-corrected chi connectivity index (χ0v) is 12.2. The summed E-state index contributed by atoms with van der Waals surface area (Å²) in [5.41, 5.74) is 0.718. The monoisotopic (exact) mass is 296 g/mol. The Morgan fingerprint density at radius 1 is 1.37 bits per heavy atom. The van der Waals surface area contributed by atoms with E-state index in [9.17, 15) is 15.0 Å². The van der Waals surface area contributed by atoms with Gasteiger partial charge in [-0.3, -0.25) is 4.79 Å². The first kappa shape index (κ1) is 14.5. The van der Waals surface area contributed by atoms with Crippen molar-refractivity contribution in [3.05, 3.63) is 35.2 Å². The lowest BCUT2D eigenvalue weighted by Gasteiger charge is -2.17. The molecule has 0 aliphatic rings. The van der Waals surface area contributed by atoms with Gasteiger partial charge >= 0.3 is 0 Å². The third kappa shape index (κ3) is 3.79. The number of aliphatic hydroxyl groups excluding tert-OH is 2. The van der Waals surface area contributed by atoms with Crippen molar-refractivity contribution in [1.82, 2.24) is 0 Å². The van der Waals surface area contributed by atoms with Gasteiger partial charge in [0.05, 0.1) is 6.10 Å². The van der Waals surface area contributed by atoms with Gasteiger partial charge in [0.2, 0.25) is 0 Å². The van der Waals surface area contributed by atoms with Gasteiger partial charge in [-0.05, 0) is 34.9 Å². The van der Waals surface area contributed by atoms with E-state index in [4.69, 9.17) is 0 Å². The minimum Gasteiger partial charge on any atom is -0.390 e. The Morgan fingerprint density at radius 2 is 2.16 bits per heavy atom. The average Bonchev–Trinajstić information content (AvgIpc) is 2.84. The molecule has 0 aliphatic heterocycles. The van der Waals surface area contributed by atoms with Crippen LogP contribution in [0, 0.1) is 0 Å². The highest BCUT2D eigenvalue weighted by atomic mass is 32.2. The van der Waals surface area contributed by atoms with Crippen molar-refractivity contribution in [2.45, 2.75) is 25.6 Å².